The molecule has 3 heteroatoms. The Kier molecular flexibility index (Phi) is 4.37. The normalized spacial score (nSPS) is 13.3. The maximum atomic E-state index is 8.55. The Labute approximate surface area is 245 Å². The van der Waals surface area contributed by atoms with Crippen LogP contribution in [0.15, 0.2) is 145 Å². The predicted octanol–water partition coefficient (Wildman–Crippen LogP) is 10.1. The fourth-order valence-corrected chi connectivity index (χ4v) is 5.39. The Balaban J connectivity index is 1.22. The molecule has 0 atom stereocenters. The third kappa shape index (κ3) is 4.16. The number of nitrogens with zero attached hydrogens (tertiary/aromatic N) is 2. The SMILES string of the molecule is [2H]c1c([2H])c([2H])c(-c2cc(-c3ccc(-c4ccc5c(c4)-c4cccc6cccc(c46)O5)cc3)nc(-c3ccccc3)n2)c([2H])c1[2H]. The van der Waals surface area contributed by atoms with Crippen LogP contribution in [0.5, 0.6) is 11.5 Å². The van der Waals surface area contributed by atoms with E-state index in [1.807, 2.05) is 72.8 Å². The van der Waals surface area contributed by atoms with E-state index in [4.69, 9.17) is 16.6 Å². The van der Waals surface area contributed by atoms with Gasteiger partial charge in [0.25, 0.3) is 0 Å². The van der Waals surface area contributed by atoms with Gasteiger partial charge in [-0.15, -0.1) is 0 Å². The summed E-state index contributed by atoms with van der Waals surface area (Å²) in [5, 5.41) is 2.25. The molecule has 192 valence electrons. The highest BCUT2D eigenvalue weighted by Crippen LogP contribution is 2.47. The minimum Gasteiger partial charge on any atom is -0.456 e. The number of ether oxygens (including phenoxy) is 1. The molecule has 8 rings (SSSR count). The first-order valence-electron chi connectivity index (χ1n) is 15.8. The minimum atomic E-state index is -0.443. The van der Waals surface area contributed by atoms with Crippen LogP contribution in [0.1, 0.15) is 6.85 Å². The van der Waals surface area contributed by atoms with Crippen LogP contribution >= 0.6 is 0 Å². The highest BCUT2D eigenvalue weighted by atomic mass is 16.5. The highest BCUT2D eigenvalue weighted by molar-refractivity contribution is 6.04. The summed E-state index contributed by atoms with van der Waals surface area (Å²) in [6, 6.07) is 35.9. The first-order valence-corrected chi connectivity index (χ1v) is 13.3. The van der Waals surface area contributed by atoms with E-state index in [2.05, 4.69) is 41.4 Å². The predicted molar refractivity (Wildman–Crippen MR) is 167 cm³/mol. The second kappa shape index (κ2) is 9.58. The Hall–Kier alpha value is -5.54. The van der Waals surface area contributed by atoms with Crippen molar-refractivity contribution in [3.63, 3.8) is 0 Å². The largest absolute Gasteiger partial charge is 0.456 e. The number of aromatic nitrogens is 2. The maximum Gasteiger partial charge on any atom is 0.160 e. The zero-order valence-corrected chi connectivity index (χ0v) is 21.8. The monoisotopic (exact) mass is 529 g/mol. The fraction of sp³-hybridized carbons (Fsp3) is 0. The lowest BCUT2D eigenvalue weighted by Crippen LogP contribution is -1.97. The molecule has 2 heterocycles. The van der Waals surface area contributed by atoms with Gasteiger partial charge in [0.15, 0.2) is 5.82 Å². The van der Waals surface area contributed by atoms with Gasteiger partial charge in [0.05, 0.1) is 18.2 Å². The van der Waals surface area contributed by atoms with Crippen molar-refractivity contribution in [3.8, 4) is 67.7 Å². The van der Waals surface area contributed by atoms with Gasteiger partial charge in [-0.3, -0.25) is 0 Å². The molecule has 0 amide bonds. The summed E-state index contributed by atoms with van der Waals surface area (Å²) < 4.78 is 47.8. The minimum absolute atomic E-state index is 0.0383. The van der Waals surface area contributed by atoms with Gasteiger partial charge in [0.1, 0.15) is 11.5 Å². The van der Waals surface area contributed by atoms with Crippen LogP contribution in [0.4, 0.5) is 0 Å². The third-order valence-electron chi connectivity index (χ3n) is 7.38. The Bertz CT molecular complexity index is 2310. The molecule has 0 N–H and O–H groups in total. The van der Waals surface area contributed by atoms with Gasteiger partial charge in [-0.05, 0) is 46.3 Å². The molecule has 7 aromatic rings. The summed E-state index contributed by atoms with van der Waals surface area (Å²) >= 11 is 0. The van der Waals surface area contributed by atoms with Crippen LogP contribution in [-0.4, -0.2) is 9.97 Å². The Morgan fingerprint density at radius 2 is 1.20 bits per heavy atom. The molecule has 1 aliphatic rings. The van der Waals surface area contributed by atoms with E-state index in [0.29, 0.717) is 11.5 Å². The van der Waals surface area contributed by atoms with Gasteiger partial charge in [0, 0.05) is 27.6 Å². The molecular weight excluding hydrogens is 500 g/mol. The fourth-order valence-electron chi connectivity index (χ4n) is 5.39. The molecule has 6 aromatic carbocycles. The van der Waals surface area contributed by atoms with Gasteiger partial charge in [-0.2, -0.15) is 0 Å². The Morgan fingerprint density at radius 3 is 2.00 bits per heavy atom. The average molecular weight is 530 g/mol. The summed E-state index contributed by atoms with van der Waals surface area (Å²) in [4.78, 5) is 9.52. The quantitative estimate of drug-likeness (QED) is 0.227. The van der Waals surface area contributed by atoms with E-state index in [1.165, 1.54) is 0 Å². The van der Waals surface area contributed by atoms with Gasteiger partial charge in [-0.1, -0.05) is 121 Å². The van der Waals surface area contributed by atoms with Crippen LogP contribution in [0.25, 0.3) is 66.9 Å². The molecule has 0 aliphatic carbocycles. The molecule has 0 bridgehead atoms. The van der Waals surface area contributed by atoms with Gasteiger partial charge < -0.3 is 4.74 Å². The zero-order valence-electron chi connectivity index (χ0n) is 26.8. The molecule has 3 nitrogen and oxygen atoms in total. The highest BCUT2D eigenvalue weighted by Gasteiger charge is 2.20. The van der Waals surface area contributed by atoms with Crippen LogP contribution in [0.2, 0.25) is 0 Å². The smallest absolute Gasteiger partial charge is 0.160 e. The van der Waals surface area contributed by atoms with Crippen LogP contribution < -0.4 is 4.74 Å². The van der Waals surface area contributed by atoms with Crippen molar-refractivity contribution in [1.29, 1.82) is 0 Å². The molecule has 0 saturated heterocycles. The van der Waals surface area contributed by atoms with Crippen molar-refractivity contribution in [3.05, 3.63) is 145 Å². The van der Waals surface area contributed by atoms with Crippen molar-refractivity contribution < 1.29 is 11.6 Å². The zero-order chi connectivity index (χ0) is 31.5. The lowest BCUT2D eigenvalue weighted by molar-refractivity contribution is 0.487. The van der Waals surface area contributed by atoms with Crippen LogP contribution in [0.3, 0.4) is 0 Å². The van der Waals surface area contributed by atoms with Crippen molar-refractivity contribution in [2.75, 3.05) is 0 Å². The molecular formula is C38H24N2O. The molecule has 1 aromatic heterocycles. The first-order chi connectivity index (χ1) is 22.4. The van der Waals surface area contributed by atoms with E-state index in [1.54, 1.807) is 6.07 Å². The number of fused-ring (bicyclic) bond motifs is 2. The summed E-state index contributed by atoms with van der Waals surface area (Å²) in [7, 11) is 0. The molecule has 0 radical (unpaired) electrons. The van der Waals surface area contributed by atoms with Crippen molar-refractivity contribution in [2.24, 2.45) is 0 Å². The van der Waals surface area contributed by atoms with E-state index >= 15 is 0 Å². The number of hydrogen-bond acceptors (Lipinski definition) is 3. The van der Waals surface area contributed by atoms with E-state index in [9.17, 15) is 0 Å². The third-order valence-corrected chi connectivity index (χ3v) is 7.38. The molecule has 41 heavy (non-hydrogen) atoms. The molecule has 0 fully saturated rings. The molecule has 0 unspecified atom stereocenters. The average Bonchev–Trinajstić information content (AvgIpc) is 3.10. The summed E-state index contributed by atoms with van der Waals surface area (Å²) in [6.45, 7) is 0. The molecule has 1 aliphatic heterocycles. The lowest BCUT2D eigenvalue weighted by Gasteiger charge is -2.22. The van der Waals surface area contributed by atoms with Gasteiger partial charge >= 0.3 is 0 Å². The van der Waals surface area contributed by atoms with Crippen LogP contribution in [-0.2, 0) is 0 Å². The topological polar surface area (TPSA) is 35.0 Å². The lowest BCUT2D eigenvalue weighted by atomic mass is 9.92. The van der Waals surface area contributed by atoms with Crippen molar-refractivity contribution in [1.82, 2.24) is 9.97 Å². The molecule has 0 saturated carbocycles. The summed E-state index contributed by atoms with van der Waals surface area (Å²) in [5.41, 5.74) is 6.66. The van der Waals surface area contributed by atoms with E-state index < -0.39 is 18.1 Å². The summed E-state index contributed by atoms with van der Waals surface area (Å²) in [6.07, 6.45) is 0. The summed E-state index contributed by atoms with van der Waals surface area (Å²) in [5.74, 6) is 2.08. The first kappa shape index (κ1) is 18.7. The van der Waals surface area contributed by atoms with E-state index in [-0.39, 0.29) is 23.3 Å². The molecule has 0 spiro atoms. The maximum absolute atomic E-state index is 8.55. The van der Waals surface area contributed by atoms with Gasteiger partial charge in [-0.25, -0.2) is 9.97 Å². The van der Waals surface area contributed by atoms with Crippen LogP contribution in [0, 0.1) is 0 Å². The number of rotatable bonds is 4. The second-order valence-electron chi connectivity index (χ2n) is 9.88. The second-order valence-corrected chi connectivity index (χ2v) is 9.88. The van der Waals surface area contributed by atoms with Gasteiger partial charge in [0.2, 0.25) is 0 Å². The van der Waals surface area contributed by atoms with Crippen molar-refractivity contribution in [2.45, 2.75) is 0 Å². The van der Waals surface area contributed by atoms with Crippen molar-refractivity contribution >= 4 is 10.8 Å². The van der Waals surface area contributed by atoms with E-state index in [0.717, 1.165) is 55.7 Å². The standard InChI is InChI=1S/C38H24N2O/c1-3-9-26(10-4-1)33-24-34(40-38(39-33)29-11-5-2-6-12-29)27-19-17-25(18-20-27)30-21-22-35-32(23-30)31-15-7-13-28-14-8-16-36(41-35)37(28)31/h1-24H/i1D,3D,4D,9D,10D. The Morgan fingerprint density at radius 1 is 0.488 bits per heavy atom. The number of benzene rings is 6. The number of hydrogen-bond donors (Lipinski definition) is 0.